The molecule has 2 bridgehead atoms. The van der Waals surface area contributed by atoms with Crippen LogP contribution in [0.4, 0.5) is 13.2 Å². The molecule has 0 amide bonds. The molecule has 1 aromatic heterocycles. The van der Waals surface area contributed by atoms with E-state index in [9.17, 15) is 23.9 Å². The van der Waals surface area contributed by atoms with Gasteiger partial charge in [0.25, 0.3) is 0 Å². The van der Waals surface area contributed by atoms with Crippen molar-refractivity contribution >= 4 is 22.6 Å². The van der Waals surface area contributed by atoms with E-state index < -0.39 is 41.6 Å². The van der Waals surface area contributed by atoms with Gasteiger partial charge in [-0.2, -0.15) is 5.26 Å². The number of halogens is 3. The fourth-order valence-corrected chi connectivity index (χ4v) is 6.50. The van der Waals surface area contributed by atoms with Gasteiger partial charge in [-0.15, -0.1) is 0 Å². The number of dihydropyridines is 1. The lowest BCUT2D eigenvalue weighted by atomic mass is 9.61. The molecule has 6 nitrogen and oxygen atoms in total. The lowest BCUT2D eigenvalue weighted by Gasteiger charge is -2.48. The summed E-state index contributed by atoms with van der Waals surface area (Å²) < 4.78 is 44.4. The zero-order valence-electron chi connectivity index (χ0n) is 18.9. The third kappa shape index (κ3) is 3.54. The number of hydrogen-bond acceptors (Lipinski definition) is 4. The summed E-state index contributed by atoms with van der Waals surface area (Å²) in [5.74, 6) is -3.44. The van der Waals surface area contributed by atoms with Gasteiger partial charge < -0.3 is 15.4 Å². The Labute approximate surface area is 199 Å². The Morgan fingerprint density at radius 3 is 2.46 bits per heavy atom. The van der Waals surface area contributed by atoms with Crippen LogP contribution in [-0.2, 0) is 4.79 Å². The van der Waals surface area contributed by atoms with E-state index in [1.54, 1.807) is 0 Å². The van der Waals surface area contributed by atoms with Crippen LogP contribution in [0, 0.1) is 46.6 Å². The van der Waals surface area contributed by atoms with Crippen LogP contribution in [0.25, 0.3) is 16.6 Å². The molecule has 3 unspecified atom stereocenters. The minimum Gasteiger partial charge on any atom is -0.481 e. The van der Waals surface area contributed by atoms with Gasteiger partial charge in [0.15, 0.2) is 0 Å². The molecule has 1 aliphatic heterocycles. The largest absolute Gasteiger partial charge is 0.481 e. The molecule has 1 aromatic carbocycles. The molecule has 0 saturated heterocycles. The van der Waals surface area contributed by atoms with E-state index in [0.717, 1.165) is 44.6 Å². The topological polar surface area (TPSA) is 101 Å². The van der Waals surface area contributed by atoms with Crippen LogP contribution in [0.1, 0.15) is 44.1 Å². The van der Waals surface area contributed by atoms with Crippen LogP contribution in [0.3, 0.4) is 0 Å². The van der Waals surface area contributed by atoms with Gasteiger partial charge >= 0.3 is 5.97 Å². The van der Waals surface area contributed by atoms with Gasteiger partial charge in [0.1, 0.15) is 29.7 Å². The van der Waals surface area contributed by atoms with Crippen molar-refractivity contribution in [3.8, 4) is 6.07 Å². The summed E-state index contributed by atoms with van der Waals surface area (Å²) in [6.07, 6.45) is 5.46. The fraction of sp³-hybridized carbons (Fsp3) is 0.462. The van der Waals surface area contributed by atoms with Crippen LogP contribution < -0.4 is 10.6 Å². The highest BCUT2D eigenvalue weighted by atomic mass is 19.1. The Bertz CT molecular complexity index is 1330. The van der Waals surface area contributed by atoms with Crippen molar-refractivity contribution in [3.05, 3.63) is 52.5 Å². The van der Waals surface area contributed by atoms with E-state index in [-0.39, 0.29) is 39.9 Å². The van der Waals surface area contributed by atoms with Crippen LogP contribution in [0.2, 0.25) is 0 Å². The Morgan fingerprint density at radius 2 is 1.80 bits per heavy atom. The minimum atomic E-state index is -1.03. The van der Waals surface area contributed by atoms with E-state index in [2.05, 4.69) is 21.7 Å². The second-order valence-electron chi connectivity index (χ2n) is 10.2. The zero-order valence-corrected chi connectivity index (χ0v) is 18.9. The number of carboxylic acids is 1. The SMILES string of the molecule is N#CC1=C(c2c[nH]c3c(F)cc(F)cc23)NC(NC2C3CCC(CC3)C2C(=O)O)C(F)=C1C1CC1. The second kappa shape index (κ2) is 8.16. The predicted molar refractivity (Wildman–Crippen MR) is 122 cm³/mol. The molecule has 5 aliphatic rings. The molecule has 4 N–H and O–H groups in total. The number of rotatable bonds is 5. The number of aromatic nitrogens is 1. The fourth-order valence-electron chi connectivity index (χ4n) is 6.50. The summed E-state index contributed by atoms with van der Waals surface area (Å²) in [6.45, 7) is 0. The number of benzene rings is 1. The number of H-pyrrole nitrogens is 1. The van der Waals surface area contributed by atoms with Gasteiger partial charge in [-0.3, -0.25) is 10.1 Å². The van der Waals surface area contributed by atoms with E-state index in [0.29, 0.717) is 11.1 Å². The number of hydrogen-bond donors (Lipinski definition) is 4. The summed E-state index contributed by atoms with van der Waals surface area (Å²) in [7, 11) is 0. The lowest BCUT2D eigenvalue weighted by Crippen LogP contribution is -2.60. The molecule has 3 atom stereocenters. The normalized spacial score (nSPS) is 30.5. The number of aromatic amines is 1. The molecule has 2 aromatic rings. The number of allylic oxidation sites excluding steroid dienone is 2. The highest BCUT2D eigenvalue weighted by molar-refractivity contribution is 5.95. The summed E-state index contributed by atoms with van der Waals surface area (Å²) >= 11 is 0. The quantitative estimate of drug-likeness (QED) is 0.494. The molecule has 9 heteroatoms. The Hall–Kier alpha value is -3.25. The summed E-state index contributed by atoms with van der Waals surface area (Å²) in [6, 6.07) is 3.66. The van der Waals surface area contributed by atoms with Crippen LogP contribution in [0.15, 0.2) is 35.3 Å². The van der Waals surface area contributed by atoms with E-state index in [1.165, 1.54) is 12.3 Å². The third-order valence-electron chi connectivity index (χ3n) is 8.25. The molecule has 0 spiro atoms. The van der Waals surface area contributed by atoms with E-state index in [4.69, 9.17) is 0 Å². The number of fused-ring (bicyclic) bond motifs is 4. The first kappa shape index (κ1) is 22.2. The Kier molecular flexibility index (Phi) is 5.18. The smallest absolute Gasteiger partial charge is 0.308 e. The predicted octanol–water partition coefficient (Wildman–Crippen LogP) is 4.72. The molecule has 182 valence electrons. The molecular formula is C26H25F3N4O2. The number of nitrogens with zero attached hydrogens (tertiary/aromatic N) is 1. The summed E-state index contributed by atoms with van der Waals surface area (Å²) in [4.78, 5) is 14.9. The first-order chi connectivity index (χ1) is 16.9. The van der Waals surface area contributed by atoms with Crippen molar-refractivity contribution in [2.45, 2.75) is 50.7 Å². The first-order valence-corrected chi connectivity index (χ1v) is 12.1. The van der Waals surface area contributed by atoms with Crippen LogP contribution in [0.5, 0.6) is 0 Å². The van der Waals surface area contributed by atoms with E-state index in [1.807, 2.05) is 0 Å². The van der Waals surface area contributed by atoms with Gasteiger partial charge in [0.2, 0.25) is 0 Å². The molecule has 4 aliphatic carbocycles. The average molecular weight is 483 g/mol. The molecule has 4 saturated carbocycles. The Balaban J connectivity index is 1.43. The highest BCUT2D eigenvalue weighted by Gasteiger charge is 2.49. The molecule has 7 rings (SSSR count). The second-order valence-corrected chi connectivity index (χ2v) is 10.2. The standard InChI is InChI=1S/C26H25F3N4O2/c27-14-7-15-17(10-31-24(15)18(28)8-14)23-16(9-30)19(11-1-2-11)21(29)25(33-23)32-22-13-5-3-12(4-6-13)20(22)26(34)35/h7-8,10-13,20,22,25,31-33H,1-6H2,(H,34,35). The van der Waals surface area contributed by atoms with Crippen molar-refractivity contribution < 1.29 is 23.1 Å². The van der Waals surface area contributed by atoms with Gasteiger partial charge in [0.05, 0.1) is 22.7 Å². The molecular weight excluding hydrogens is 457 g/mol. The van der Waals surface area contributed by atoms with Gasteiger partial charge in [-0.1, -0.05) is 0 Å². The van der Waals surface area contributed by atoms with Crippen molar-refractivity contribution in [1.29, 1.82) is 5.26 Å². The number of aliphatic carboxylic acids is 1. The number of carboxylic acid groups (broad SMARTS) is 1. The number of nitrogens with one attached hydrogen (secondary N) is 3. The molecule has 2 heterocycles. The van der Waals surface area contributed by atoms with Crippen molar-refractivity contribution in [3.63, 3.8) is 0 Å². The lowest BCUT2D eigenvalue weighted by molar-refractivity contribution is -0.150. The van der Waals surface area contributed by atoms with Gasteiger partial charge in [-0.05, 0) is 62.3 Å². The zero-order chi connectivity index (χ0) is 24.4. The van der Waals surface area contributed by atoms with Crippen LogP contribution >= 0.6 is 0 Å². The Morgan fingerprint density at radius 1 is 1.09 bits per heavy atom. The maximum Gasteiger partial charge on any atom is 0.308 e. The molecule has 4 fully saturated rings. The number of carbonyl (C=O) groups is 1. The number of nitriles is 1. The monoisotopic (exact) mass is 482 g/mol. The van der Waals surface area contributed by atoms with E-state index >= 15 is 4.39 Å². The molecule has 0 radical (unpaired) electrons. The van der Waals surface area contributed by atoms with Crippen molar-refractivity contribution in [1.82, 2.24) is 15.6 Å². The minimum absolute atomic E-state index is 0.0535. The van der Waals surface area contributed by atoms with Gasteiger partial charge in [0, 0.05) is 34.8 Å². The van der Waals surface area contributed by atoms with Crippen molar-refractivity contribution in [2.24, 2.45) is 23.7 Å². The van der Waals surface area contributed by atoms with Crippen molar-refractivity contribution in [2.75, 3.05) is 0 Å². The maximum absolute atomic E-state index is 15.9. The summed E-state index contributed by atoms with van der Waals surface area (Å²) in [5.41, 5.74) is 1.17. The molecule has 35 heavy (non-hydrogen) atoms. The first-order valence-electron chi connectivity index (χ1n) is 12.1. The van der Waals surface area contributed by atoms with Gasteiger partial charge in [-0.25, -0.2) is 13.2 Å². The average Bonchev–Trinajstić information content (AvgIpc) is 3.59. The highest BCUT2D eigenvalue weighted by Crippen LogP contribution is 2.48. The summed E-state index contributed by atoms with van der Waals surface area (Å²) in [5, 5.41) is 26.5. The third-order valence-corrected chi connectivity index (χ3v) is 8.25. The maximum atomic E-state index is 15.9. The van der Waals surface area contributed by atoms with Crippen LogP contribution in [-0.4, -0.2) is 28.3 Å².